The number of rotatable bonds is 7. The normalized spacial score (nSPS) is 13.8. The van der Waals surface area contributed by atoms with E-state index in [0.717, 1.165) is 31.8 Å². The summed E-state index contributed by atoms with van der Waals surface area (Å²) < 4.78 is 4.96. The molecule has 2 nitrogen and oxygen atoms in total. The van der Waals surface area contributed by atoms with Gasteiger partial charge in [-0.05, 0) is 31.6 Å². The van der Waals surface area contributed by atoms with E-state index in [1.54, 1.807) is 7.11 Å². The van der Waals surface area contributed by atoms with Crippen LogP contribution in [-0.2, 0) is 4.74 Å². The van der Waals surface area contributed by atoms with Crippen LogP contribution in [-0.4, -0.2) is 19.8 Å². The van der Waals surface area contributed by atoms with Crippen LogP contribution in [0.2, 0.25) is 0 Å². The first kappa shape index (κ1) is 11.9. The van der Waals surface area contributed by atoms with Crippen molar-refractivity contribution in [2.24, 2.45) is 11.7 Å². The molecular weight excluding hydrogens is 150 g/mol. The summed E-state index contributed by atoms with van der Waals surface area (Å²) in [5.74, 6) is 0.776. The molecule has 0 amide bonds. The largest absolute Gasteiger partial charge is 0.385 e. The van der Waals surface area contributed by atoms with Crippen molar-refractivity contribution < 1.29 is 4.74 Å². The van der Waals surface area contributed by atoms with Crippen molar-refractivity contribution in [1.82, 2.24) is 0 Å². The molecule has 0 aromatic heterocycles. The molecule has 0 aromatic carbocycles. The third kappa shape index (κ3) is 8.02. The fraction of sp³-hybridized carbons (Fsp3) is 1.00. The van der Waals surface area contributed by atoms with Crippen LogP contribution in [0.4, 0.5) is 0 Å². The van der Waals surface area contributed by atoms with Crippen LogP contribution in [0.25, 0.3) is 0 Å². The molecule has 1 atom stereocenters. The smallest absolute Gasteiger partial charge is 0.0462 e. The summed E-state index contributed by atoms with van der Waals surface area (Å²) in [4.78, 5) is 0. The van der Waals surface area contributed by atoms with Crippen LogP contribution in [0.1, 0.15) is 39.5 Å². The molecule has 1 unspecified atom stereocenters. The second-order valence-electron chi connectivity index (χ2n) is 3.87. The van der Waals surface area contributed by atoms with E-state index >= 15 is 0 Å². The maximum Gasteiger partial charge on any atom is 0.0462 e. The number of ether oxygens (including phenoxy) is 1. The van der Waals surface area contributed by atoms with Crippen LogP contribution in [0.3, 0.4) is 0 Å². The SMILES string of the molecule is COCCCC(N)CCC(C)C. The summed E-state index contributed by atoms with van der Waals surface area (Å²) in [6.45, 7) is 5.32. The second kappa shape index (κ2) is 7.56. The lowest BCUT2D eigenvalue weighted by atomic mass is 10.0. The highest BCUT2D eigenvalue weighted by Crippen LogP contribution is 2.08. The minimum atomic E-state index is 0.377. The topological polar surface area (TPSA) is 35.2 Å². The minimum absolute atomic E-state index is 0.377. The van der Waals surface area contributed by atoms with Gasteiger partial charge < -0.3 is 10.5 Å². The monoisotopic (exact) mass is 173 g/mol. The third-order valence-corrected chi connectivity index (χ3v) is 2.04. The van der Waals surface area contributed by atoms with Crippen LogP contribution in [0.5, 0.6) is 0 Å². The lowest BCUT2D eigenvalue weighted by Gasteiger charge is -2.12. The fourth-order valence-electron chi connectivity index (χ4n) is 1.18. The molecule has 74 valence electrons. The third-order valence-electron chi connectivity index (χ3n) is 2.04. The summed E-state index contributed by atoms with van der Waals surface area (Å²) in [5.41, 5.74) is 5.91. The van der Waals surface area contributed by atoms with E-state index in [1.807, 2.05) is 0 Å². The quantitative estimate of drug-likeness (QED) is 0.599. The molecular formula is C10H23NO. The van der Waals surface area contributed by atoms with Crippen molar-refractivity contribution in [2.45, 2.75) is 45.6 Å². The Labute approximate surface area is 76.5 Å². The van der Waals surface area contributed by atoms with Gasteiger partial charge in [0, 0.05) is 19.8 Å². The van der Waals surface area contributed by atoms with E-state index in [2.05, 4.69) is 13.8 Å². The summed E-state index contributed by atoms with van der Waals surface area (Å²) >= 11 is 0. The Bertz CT molecular complexity index is 93.8. The van der Waals surface area contributed by atoms with Crippen LogP contribution >= 0.6 is 0 Å². The van der Waals surface area contributed by atoms with Crippen LogP contribution in [0.15, 0.2) is 0 Å². The number of methoxy groups -OCH3 is 1. The van der Waals surface area contributed by atoms with E-state index in [4.69, 9.17) is 10.5 Å². The fourth-order valence-corrected chi connectivity index (χ4v) is 1.18. The van der Waals surface area contributed by atoms with E-state index in [-0.39, 0.29) is 0 Å². The second-order valence-corrected chi connectivity index (χ2v) is 3.87. The molecule has 2 heteroatoms. The van der Waals surface area contributed by atoms with Gasteiger partial charge in [-0.3, -0.25) is 0 Å². The van der Waals surface area contributed by atoms with E-state index in [9.17, 15) is 0 Å². The molecule has 12 heavy (non-hydrogen) atoms. The molecule has 0 bridgehead atoms. The summed E-state index contributed by atoms with van der Waals surface area (Å²) in [5, 5.41) is 0. The lowest BCUT2D eigenvalue weighted by Crippen LogP contribution is -2.20. The molecule has 0 heterocycles. The molecule has 0 aliphatic carbocycles. The molecule has 2 N–H and O–H groups in total. The van der Waals surface area contributed by atoms with Gasteiger partial charge in [0.25, 0.3) is 0 Å². The van der Waals surface area contributed by atoms with Gasteiger partial charge in [-0.25, -0.2) is 0 Å². The first-order chi connectivity index (χ1) is 5.66. The van der Waals surface area contributed by atoms with Crippen molar-refractivity contribution in [2.75, 3.05) is 13.7 Å². The van der Waals surface area contributed by atoms with Gasteiger partial charge in [-0.15, -0.1) is 0 Å². The van der Waals surface area contributed by atoms with Crippen molar-refractivity contribution in [3.63, 3.8) is 0 Å². The first-order valence-electron chi connectivity index (χ1n) is 4.91. The number of hydrogen-bond acceptors (Lipinski definition) is 2. The van der Waals surface area contributed by atoms with Gasteiger partial charge in [0.1, 0.15) is 0 Å². The summed E-state index contributed by atoms with van der Waals surface area (Å²) in [6.07, 6.45) is 4.59. The molecule has 0 aliphatic heterocycles. The Kier molecular flexibility index (Phi) is 7.51. The molecule has 0 aliphatic rings. The number of hydrogen-bond donors (Lipinski definition) is 1. The zero-order valence-corrected chi connectivity index (χ0v) is 8.68. The standard InChI is InChI=1S/C10H23NO/c1-9(2)6-7-10(11)5-4-8-12-3/h9-10H,4-8,11H2,1-3H3. The minimum Gasteiger partial charge on any atom is -0.385 e. The molecule has 0 saturated carbocycles. The average Bonchev–Trinajstić information content (AvgIpc) is 2.01. The van der Waals surface area contributed by atoms with Gasteiger partial charge in [-0.2, -0.15) is 0 Å². The Morgan fingerprint density at radius 2 is 1.83 bits per heavy atom. The number of nitrogens with two attached hydrogens (primary N) is 1. The van der Waals surface area contributed by atoms with Gasteiger partial charge in [0.2, 0.25) is 0 Å². The maximum absolute atomic E-state index is 5.91. The average molecular weight is 173 g/mol. The highest BCUT2D eigenvalue weighted by Gasteiger charge is 2.03. The zero-order chi connectivity index (χ0) is 9.40. The predicted molar refractivity (Wildman–Crippen MR) is 53.2 cm³/mol. The Hall–Kier alpha value is -0.0800. The van der Waals surface area contributed by atoms with Gasteiger partial charge in [-0.1, -0.05) is 13.8 Å². The first-order valence-corrected chi connectivity index (χ1v) is 4.91. The van der Waals surface area contributed by atoms with E-state index < -0.39 is 0 Å². The maximum atomic E-state index is 5.91. The predicted octanol–water partition coefficient (Wildman–Crippen LogP) is 2.18. The molecule has 0 saturated heterocycles. The van der Waals surface area contributed by atoms with Crippen molar-refractivity contribution in [1.29, 1.82) is 0 Å². The van der Waals surface area contributed by atoms with Crippen LogP contribution in [0, 0.1) is 5.92 Å². The zero-order valence-electron chi connectivity index (χ0n) is 8.68. The molecule has 0 fully saturated rings. The highest BCUT2D eigenvalue weighted by atomic mass is 16.5. The molecule has 0 radical (unpaired) electrons. The van der Waals surface area contributed by atoms with Gasteiger partial charge >= 0.3 is 0 Å². The lowest BCUT2D eigenvalue weighted by molar-refractivity contribution is 0.189. The Morgan fingerprint density at radius 1 is 1.17 bits per heavy atom. The summed E-state index contributed by atoms with van der Waals surface area (Å²) in [6, 6.07) is 0.377. The molecule has 0 spiro atoms. The van der Waals surface area contributed by atoms with E-state index in [0.29, 0.717) is 6.04 Å². The summed E-state index contributed by atoms with van der Waals surface area (Å²) in [7, 11) is 1.74. The van der Waals surface area contributed by atoms with Gasteiger partial charge in [0.05, 0.1) is 0 Å². The van der Waals surface area contributed by atoms with E-state index in [1.165, 1.54) is 6.42 Å². The molecule has 0 aromatic rings. The van der Waals surface area contributed by atoms with Crippen molar-refractivity contribution in [3.8, 4) is 0 Å². The molecule has 0 rings (SSSR count). The highest BCUT2D eigenvalue weighted by molar-refractivity contribution is 4.62. The van der Waals surface area contributed by atoms with Crippen LogP contribution < -0.4 is 5.73 Å². The van der Waals surface area contributed by atoms with Gasteiger partial charge in [0.15, 0.2) is 0 Å². The Balaban J connectivity index is 3.15. The van der Waals surface area contributed by atoms with Crippen molar-refractivity contribution >= 4 is 0 Å². The van der Waals surface area contributed by atoms with Crippen molar-refractivity contribution in [3.05, 3.63) is 0 Å². The Morgan fingerprint density at radius 3 is 2.33 bits per heavy atom.